The molecule has 10 heteroatoms. The Morgan fingerprint density at radius 1 is 1.52 bits per heavy atom. The Hall–Kier alpha value is -1.10. The highest BCUT2D eigenvalue weighted by Crippen LogP contribution is 2.29. The standard InChI is InChI=1S/C11H19N5O3S2/c1-7-3-4-16(6-9(7)5-12)21(18,19)11-15-14-10(20-11)13-8(2)17/h7,9H,3-6,12H2,1-2H3,(H,13,14,17). The Balaban J connectivity index is 2.18. The van der Waals surface area contributed by atoms with E-state index in [4.69, 9.17) is 5.73 Å². The summed E-state index contributed by atoms with van der Waals surface area (Å²) < 4.78 is 26.4. The van der Waals surface area contributed by atoms with Crippen LogP contribution in [0.3, 0.4) is 0 Å². The predicted molar refractivity (Wildman–Crippen MR) is 79.3 cm³/mol. The zero-order valence-corrected chi connectivity index (χ0v) is 13.6. The Labute approximate surface area is 127 Å². The molecular weight excluding hydrogens is 314 g/mol. The van der Waals surface area contributed by atoms with Gasteiger partial charge in [0, 0.05) is 20.0 Å². The number of piperidine rings is 1. The van der Waals surface area contributed by atoms with Crippen molar-refractivity contribution in [1.29, 1.82) is 0 Å². The number of amides is 1. The van der Waals surface area contributed by atoms with Crippen molar-refractivity contribution in [1.82, 2.24) is 14.5 Å². The molecule has 1 aliphatic rings. The Morgan fingerprint density at radius 3 is 2.86 bits per heavy atom. The van der Waals surface area contributed by atoms with Crippen LogP contribution in [0.5, 0.6) is 0 Å². The second-order valence-corrected chi connectivity index (χ2v) is 8.27. The van der Waals surface area contributed by atoms with E-state index in [0.717, 1.165) is 17.8 Å². The molecule has 0 bridgehead atoms. The minimum atomic E-state index is -3.67. The lowest BCUT2D eigenvalue weighted by molar-refractivity contribution is -0.114. The van der Waals surface area contributed by atoms with Crippen LogP contribution in [0.15, 0.2) is 4.34 Å². The minimum Gasteiger partial charge on any atom is -0.330 e. The maximum Gasteiger partial charge on any atom is 0.272 e. The topological polar surface area (TPSA) is 118 Å². The van der Waals surface area contributed by atoms with Crippen molar-refractivity contribution < 1.29 is 13.2 Å². The van der Waals surface area contributed by atoms with Gasteiger partial charge in [-0.15, -0.1) is 10.2 Å². The molecule has 1 aromatic heterocycles. The number of hydrogen-bond acceptors (Lipinski definition) is 7. The fourth-order valence-corrected chi connectivity index (χ4v) is 4.86. The largest absolute Gasteiger partial charge is 0.330 e. The third kappa shape index (κ3) is 3.57. The monoisotopic (exact) mass is 333 g/mol. The molecule has 2 unspecified atom stereocenters. The maximum atomic E-state index is 12.5. The number of nitrogens with one attached hydrogen (secondary N) is 1. The van der Waals surface area contributed by atoms with Crippen LogP contribution in [0.1, 0.15) is 20.3 Å². The van der Waals surface area contributed by atoms with Crippen molar-refractivity contribution in [2.75, 3.05) is 25.0 Å². The van der Waals surface area contributed by atoms with Crippen molar-refractivity contribution in [3.8, 4) is 0 Å². The fourth-order valence-electron chi connectivity index (χ4n) is 2.27. The molecule has 118 valence electrons. The summed E-state index contributed by atoms with van der Waals surface area (Å²) in [5.74, 6) is 0.243. The zero-order chi connectivity index (χ0) is 15.6. The van der Waals surface area contributed by atoms with E-state index in [1.807, 2.05) is 0 Å². The first-order chi connectivity index (χ1) is 9.84. The molecule has 2 rings (SSSR count). The molecule has 0 saturated carbocycles. The Bertz CT molecular complexity index is 615. The second kappa shape index (κ2) is 6.34. The van der Waals surface area contributed by atoms with Crippen LogP contribution >= 0.6 is 11.3 Å². The molecule has 0 aromatic carbocycles. The highest BCUT2D eigenvalue weighted by molar-refractivity contribution is 7.91. The molecule has 0 radical (unpaired) electrons. The van der Waals surface area contributed by atoms with Crippen molar-refractivity contribution in [2.45, 2.75) is 24.6 Å². The fraction of sp³-hybridized carbons (Fsp3) is 0.727. The van der Waals surface area contributed by atoms with Crippen LogP contribution in [0.25, 0.3) is 0 Å². The van der Waals surface area contributed by atoms with Gasteiger partial charge >= 0.3 is 0 Å². The van der Waals surface area contributed by atoms with Gasteiger partial charge in [-0.2, -0.15) is 4.31 Å². The van der Waals surface area contributed by atoms with E-state index in [-0.39, 0.29) is 21.3 Å². The van der Waals surface area contributed by atoms with Gasteiger partial charge in [-0.1, -0.05) is 18.3 Å². The molecule has 1 aromatic rings. The number of carbonyl (C=O) groups is 1. The Morgan fingerprint density at radius 2 is 2.24 bits per heavy atom. The van der Waals surface area contributed by atoms with Crippen molar-refractivity contribution in [3.63, 3.8) is 0 Å². The average molecular weight is 333 g/mol. The van der Waals surface area contributed by atoms with Gasteiger partial charge in [0.1, 0.15) is 0 Å². The van der Waals surface area contributed by atoms with Gasteiger partial charge in [-0.3, -0.25) is 4.79 Å². The van der Waals surface area contributed by atoms with E-state index >= 15 is 0 Å². The second-order valence-electron chi connectivity index (χ2n) is 5.18. The highest BCUT2D eigenvalue weighted by atomic mass is 32.2. The third-order valence-corrected chi connectivity index (χ3v) is 6.68. The molecular formula is C11H19N5O3S2. The van der Waals surface area contributed by atoms with E-state index in [1.54, 1.807) is 0 Å². The SMILES string of the molecule is CC(=O)Nc1nnc(S(=O)(=O)N2CCC(C)C(CN)C2)s1. The summed E-state index contributed by atoms with van der Waals surface area (Å²) in [5.41, 5.74) is 5.70. The third-order valence-electron chi connectivity index (χ3n) is 3.63. The van der Waals surface area contributed by atoms with Gasteiger partial charge in [0.05, 0.1) is 0 Å². The summed E-state index contributed by atoms with van der Waals surface area (Å²) in [6.45, 7) is 4.72. The van der Waals surface area contributed by atoms with Crippen molar-refractivity contribution in [3.05, 3.63) is 0 Å². The van der Waals surface area contributed by atoms with Crippen LogP contribution in [-0.4, -0.2) is 48.5 Å². The smallest absolute Gasteiger partial charge is 0.272 e. The lowest BCUT2D eigenvalue weighted by Gasteiger charge is -2.34. The predicted octanol–water partition coefficient (Wildman–Crippen LogP) is 0.102. The molecule has 1 amide bonds. The summed E-state index contributed by atoms with van der Waals surface area (Å²) in [5, 5.41) is 9.97. The van der Waals surface area contributed by atoms with Gasteiger partial charge in [-0.05, 0) is 24.8 Å². The first-order valence-corrected chi connectivity index (χ1v) is 8.91. The normalized spacial score (nSPS) is 24.0. The molecule has 3 N–H and O–H groups in total. The van der Waals surface area contributed by atoms with Gasteiger partial charge in [0.15, 0.2) is 0 Å². The van der Waals surface area contributed by atoms with E-state index in [0.29, 0.717) is 25.6 Å². The van der Waals surface area contributed by atoms with E-state index in [2.05, 4.69) is 22.4 Å². The Kier molecular flexibility index (Phi) is 4.91. The number of carbonyl (C=O) groups excluding carboxylic acids is 1. The van der Waals surface area contributed by atoms with Crippen LogP contribution in [-0.2, 0) is 14.8 Å². The first-order valence-electron chi connectivity index (χ1n) is 6.66. The molecule has 0 aliphatic carbocycles. The van der Waals surface area contributed by atoms with Gasteiger partial charge in [0.2, 0.25) is 15.4 Å². The van der Waals surface area contributed by atoms with Gasteiger partial charge in [-0.25, -0.2) is 8.42 Å². The summed E-state index contributed by atoms with van der Waals surface area (Å²) in [6.07, 6.45) is 0.776. The number of anilines is 1. The lowest BCUT2D eigenvalue weighted by Crippen LogP contribution is -2.45. The van der Waals surface area contributed by atoms with Gasteiger partial charge < -0.3 is 11.1 Å². The van der Waals surface area contributed by atoms with Crippen LogP contribution < -0.4 is 11.1 Å². The first kappa shape index (κ1) is 16.3. The summed E-state index contributed by atoms with van der Waals surface area (Å²) >= 11 is 0.856. The molecule has 8 nitrogen and oxygen atoms in total. The van der Waals surface area contributed by atoms with Crippen molar-refractivity contribution in [2.24, 2.45) is 17.6 Å². The molecule has 21 heavy (non-hydrogen) atoms. The number of rotatable bonds is 4. The van der Waals surface area contributed by atoms with E-state index in [1.165, 1.54) is 11.2 Å². The quantitative estimate of drug-likeness (QED) is 0.755. The number of aromatic nitrogens is 2. The zero-order valence-electron chi connectivity index (χ0n) is 11.9. The van der Waals surface area contributed by atoms with E-state index in [9.17, 15) is 13.2 Å². The van der Waals surface area contributed by atoms with Crippen molar-refractivity contribution >= 4 is 32.4 Å². The summed E-state index contributed by atoms with van der Waals surface area (Å²) in [7, 11) is -3.67. The molecule has 1 saturated heterocycles. The van der Waals surface area contributed by atoms with Crippen LogP contribution in [0.2, 0.25) is 0 Å². The lowest BCUT2D eigenvalue weighted by atomic mass is 9.88. The number of nitrogens with zero attached hydrogens (tertiary/aromatic N) is 3. The minimum absolute atomic E-state index is 0.100. The van der Waals surface area contributed by atoms with Crippen LogP contribution in [0, 0.1) is 11.8 Å². The number of sulfonamides is 1. The molecule has 0 spiro atoms. The van der Waals surface area contributed by atoms with E-state index < -0.39 is 10.0 Å². The molecule has 2 atom stereocenters. The molecule has 1 aliphatic heterocycles. The number of nitrogens with two attached hydrogens (primary N) is 1. The summed E-state index contributed by atoms with van der Waals surface area (Å²) in [6, 6.07) is 0. The maximum absolute atomic E-state index is 12.5. The molecule has 2 heterocycles. The highest BCUT2D eigenvalue weighted by Gasteiger charge is 2.35. The summed E-state index contributed by atoms with van der Waals surface area (Å²) in [4.78, 5) is 10.9. The number of hydrogen-bond donors (Lipinski definition) is 2. The average Bonchev–Trinajstić information content (AvgIpc) is 2.87. The van der Waals surface area contributed by atoms with Crippen LogP contribution in [0.4, 0.5) is 5.13 Å². The molecule has 1 fully saturated rings. The van der Waals surface area contributed by atoms with Gasteiger partial charge in [0.25, 0.3) is 10.0 Å².